The van der Waals surface area contributed by atoms with Gasteiger partial charge in [-0.2, -0.15) is 4.31 Å². The molecular weight excluding hydrogens is 633 g/mol. The average Bonchev–Trinajstić information content (AvgIpc) is 3.41. The Kier molecular flexibility index (Phi) is 12.2. The van der Waals surface area contributed by atoms with Crippen molar-refractivity contribution in [3.63, 3.8) is 0 Å². The molecule has 0 saturated carbocycles. The summed E-state index contributed by atoms with van der Waals surface area (Å²) < 4.78 is 38.4. The van der Waals surface area contributed by atoms with E-state index in [4.69, 9.17) is 9.47 Å². The molecule has 2 aromatic rings. The Morgan fingerprint density at radius 3 is 2.28 bits per heavy atom. The lowest BCUT2D eigenvalue weighted by Crippen LogP contribution is -2.42. The topological polar surface area (TPSA) is 143 Å². The molecule has 1 N–H and O–H groups in total. The molecule has 4 rings (SSSR count). The van der Waals surface area contributed by atoms with E-state index in [0.29, 0.717) is 56.0 Å². The Morgan fingerprint density at radius 1 is 0.978 bits per heavy atom. The summed E-state index contributed by atoms with van der Waals surface area (Å²) >= 11 is 1.27. The fourth-order valence-corrected chi connectivity index (χ4v) is 8.59. The molecule has 2 aliphatic heterocycles. The third-order valence-electron chi connectivity index (χ3n) is 8.06. The van der Waals surface area contributed by atoms with Crippen LogP contribution in [0.15, 0.2) is 29.2 Å². The van der Waals surface area contributed by atoms with Crippen LogP contribution in [0.5, 0.6) is 0 Å². The maximum atomic E-state index is 13.9. The number of hydrogen-bond acceptors (Lipinski definition) is 9. The second kappa shape index (κ2) is 15.9. The molecule has 1 unspecified atom stereocenters. The second-order valence-corrected chi connectivity index (χ2v) is 14.3. The van der Waals surface area contributed by atoms with E-state index in [2.05, 4.69) is 5.32 Å². The number of ether oxygens (including phenoxy) is 2. The normalized spacial score (nSPS) is 16.8. The van der Waals surface area contributed by atoms with E-state index in [1.54, 1.807) is 23.6 Å². The lowest BCUT2D eigenvalue weighted by atomic mass is 10.0. The molecule has 1 aromatic heterocycles. The highest BCUT2D eigenvalue weighted by molar-refractivity contribution is 7.89. The molecule has 0 bridgehead atoms. The minimum absolute atomic E-state index is 0.0184. The standard InChI is InChI=1S/C32H44N4O8S2/c1-5-16-34(17-6-2)30(38)27-25-15-19-35(32(40)44-8-4)21-26(25)45-29(27)33-28(37)22-11-13-24(14-12-22)46(41,42)36-18-9-10-23(20-36)31(39)43-7-3/h11-14,23H,5-10,15-21H2,1-4H3,(H,33,37). The summed E-state index contributed by atoms with van der Waals surface area (Å²) in [5, 5.41) is 3.31. The van der Waals surface area contributed by atoms with E-state index >= 15 is 0 Å². The van der Waals surface area contributed by atoms with Crippen LogP contribution >= 0.6 is 11.3 Å². The van der Waals surface area contributed by atoms with Crippen molar-refractivity contribution in [2.45, 2.75) is 71.2 Å². The molecule has 0 spiro atoms. The van der Waals surface area contributed by atoms with Crippen molar-refractivity contribution in [3.05, 3.63) is 45.8 Å². The second-order valence-electron chi connectivity index (χ2n) is 11.3. The molecular formula is C32H44N4O8S2. The largest absolute Gasteiger partial charge is 0.466 e. The van der Waals surface area contributed by atoms with Crippen LogP contribution in [0.25, 0.3) is 0 Å². The molecule has 0 aliphatic carbocycles. The van der Waals surface area contributed by atoms with E-state index in [9.17, 15) is 27.6 Å². The molecule has 3 amide bonds. The van der Waals surface area contributed by atoms with Crippen molar-refractivity contribution in [2.75, 3.05) is 51.3 Å². The number of rotatable bonds is 12. The number of nitrogens with one attached hydrogen (secondary N) is 1. The fraction of sp³-hybridized carbons (Fsp3) is 0.562. The lowest BCUT2D eigenvalue weighted by Gasteiger charge is -2.30. The van der Waals surface area contributed by atoms with Crippen LogP contribution in [0.2, 0.25) is 0 Å². The fourth-order valence-electron chi connectivity index (χ4n) is 5.82. The molecule has 1 aromatic carbocycles. The minimum Gasteiger partial charge on any atom is -0.466 e. The molecule has 3 heterocycles. The number of carbonyl (C=O) groups is 4. The quantitative estimate of drug-likeness (QED) is 0.318. The van der Waals surface area contributed by atoms with Crippen molar-refractivity contribution in [1.29, 1.82) is 0 Å². The van der Waals surface area contributed by atoms with Crippen LogP contribution in [-0.2, 0) is 37.3 Å². The number of carbonyl (C=O) groups excluding carboxylic acids is 4. The zero-order chi connectivity index (χ0) is 33.4. The molecule has 1 atom stereocenters. The third kappa shape index (κ3) is 7.89. The first-order chi connectivity index (χ1) is 22.0. The number of nitrogens with zero attached hydrogens (tertiary/aromatic N) is 3. The molecule has 14 heteroatoms. The molecule has 0 radical (unpaired) electrons. The van der Waals surface area contributed by atoms with Gasteiger partial charge < -0.3 is 24.6 Å². The van der Waals surface area contributed by atoms with Crippen molar-refractivity contribution < 1.29 is 37.1 Å². The summed E-state index contributed by atoms with van der Waals surface area (Å²) in [7, 11) is -3.90. The van der Waals surface area contributed by atoms with Gasteiger partial charge in [-0.3, -0.25) is 14.4 Å². The Balaban J connectivity index is 1.57. The van der Waals surface area contributed by atoms with Crippen LogP contribution in [-0.4, -0.2) is 92.3 Å². The number of thiophene rings is 1. The monoisotopic (exact) mass is 676 g/mol. The predicted octanol–water partition coefficient (Wildman–Crippen LogP) is 4.74. The van der Waals surface area contributed by atoms with Crippen molar-refractivity contribution >= 4 is 50.2 Å². The van der Waals surface area contributed by atoms with Gasteiger partial charge in [0.1, 0.15) is 5.00 Å². The van der Waals surface area contributed by atoms with Gasteiger partial charge in [0.2, 0.25) is 10.0 Å². The van der Waals surface area contributed by atoms with Gasteiger partial charge in [-0.1, -0.05) is 13.8 Å². The lowest BCUT2D eigenvalue weighted by molar-refractivity contribution is -0.149. The molecule has 1 saturated heterocycles. The summed E-state index contributed by atoms with van der Waals surface area (Å²) in [6.45, 7) is 10.1. The van der Waals surface area contributed by atoms with Crippen LogP contribution in [0.4, 0.5) is 9.80 Å². The summed E-state index contributed by atoms with van der Waals surface area (Å²) in [5.74, 6) is -1.57. The van der Waals surface area contributed by atoms with Gasteiger partial charge in [0.25, 0.3) is 11.8 Å². The number of piperidine rings is 1. The van der Waals surface area contributed by atoms with Gasteiger partial charge in [0.15, 0.2) is 0 Å². The van der Waals surface area contributed by atoms with Crippen molar-refractivity contribution in [3.8, 4) is 0 Å². The Morgan fingerprint density at radius 2 is 1.65 bits per heavy atom. The first-order valence-electron chi connectivity index (χ1n) is 16.0. The number of amides is 3. The first kappa shape index (κ1) is 35.4. The van der Waals surface area contributed by atoms with Crippen molar-refractivity contribution in [2.24, 2.45) is 5.92 Å². The molecule has 46 heavy (non-hydrogen) atoms. The van der Waals surface area contributed by atoms with Crippen LogP contribution in [0, 0.1) is 5.92 Å². The highest BCUT2D eigenvalue weighted by Crippen LogP contribution is 2.38. The van der Waals surface area contributed by atoms with E-state index in [-0.39, 0.29) is 42.7 Å². The number of fused-ring (bicyclic) bond motifs is 1. The van der Waals surface area contributed by atoms with Crippen molar-refractivity contribution in [1.82, 2.24) is 14.1 Å². The summed E-state index contributed by atoms with van der Waals surface area (Å²) in [6.07, 6.45) is 2.71. The van der Waals surface area contributed by atoms with E-state index in [0.717, 1.165) is 23.3 Å². The van der Waals surface area contributed by atoms with Crippen LogP contribution < -0.4 is 5.32 Å². The van der Waals surface area contributed by atoms with Gasteiger partial charge >= 0.3 is 12.1 Å². The average molecular weight is 677 g/mol. The third-order valence-corrected chi connectivity index (χ3v) is 11.1. The van der Waals surface area contributed by atoms with E-state index in [1.165, 1.54) is 39.9 Å². The zero-order valence-corrected chi connectivity index (χ0v) is 28.6. The SMILES string of the molecule is CCCN(CCC)C(=O)c1c(NC(=O)c2ccc(S(=O)(=O)N3CCCC(C(=O)OCC)C3)cc2)sc2c1CCN(C(=O)OCC)C2. The highest BCUT2D eigenvalue weighted by Gasteiger charge is 2.35. The maximum Gasteiger partial charge on any atom is 0.410 e. The van der Waals surface area contributed by atoms with Gasteiger partial charge in [0.05, 0.1) is 36.1 Å². The molecule has 1 fully saturated rings. The number of hydrogen-bond donors (Lipinski definition) is 1. The van der Waals surface area contributed by atoms with Gasteiger partial charge in [0, 0.05) is 43.2 Å². The van der Waals surface area contributed by atoms with Crippen LogP contribution in [0.1, 0.15) is 84.5 Å². The molecule has 12 nitrogen and oxygen atoms in total. The number of esters is 1. The number of anilines is 1. The van der Waals surface area contributed by atoms with E-state index in [1.807, 2.05) is 13.8 Å². The first-order valence-corrected chi connectivity index (χ1v) is 18.2. The Labute approximate surface area is 275 Å². The highest BCUT2D eigenvalue weighted by atomic mass is 32.2. The predicted molar refractivity (Wildman–Crippen MR) is 174 cm³/mol. The summed E-state index contributed by atoms with van der Waals surface area (Å²) in [6, 6.07) is 5.64. The Bertz CT molecular complexity index is 1520. The minimum atomic E-state index is -3.90. The zero-order valence-electron chi connectivity index (χ0n) is 27.0. The summed E-state index contributed by atoms with van der Waals surface area (Å²) in [5.41, 5.74) is 1.49. The molecule has 252 valence electrons. The number of benzene rings is 1. The van der Waals surface area contributed by atoms with E-state index < -0.39 is 33.9 Å². The van der Waals surface area contributed by atoms with Gasteiger partial charge in [-0.15, -0.1) is 11.3 Å². The maximum absolute atomic E-state index is 13.9. The van der Waals surface area contributed by atoms with Gasteiger partial charge in [-0.25, -0.2) is 13.2 Å². The Hall–Kier alpha value is -3.49. The van der Waals surface area contributed by atoms with Gasteiger partial charge in [-0.05, 0) is 75.8 Å². The summed E-state index contributed by atoms with van der Waals surface area (Å²) in [4.78, 5) is 56.3. The van der Waals surface area contributed by atoms with Crippen LogP contribution in [0.3, 0.4) is 0 Å². The number of sulfonamides is 1. The smallest absolute Gasteiger partial charge is 0.410 e. The molecule has 2 aliphatic rings.